The van der Waals surface area contributed by atoms with Crippen LogP contribution in [-0.4, -0.2) is 12.3 Å². The first-order valence-electron chi connectivity index (χ1n) is 33.9. The van der Waals surface area contributed by atoms with Gasteiger partial charge in [0.1, 0.15) is 129 Å². The lowest BCUT2D eigenvalue weighted by atomic mass is 9.12. The van der Waals surface area contributed by atoms with Gasteiger partial charge in [-0.05, 0) is 99.9 Å². The number of hydrogen-bond acceptors (Lipinski definition) is 0. The van der Waals surface area contributed by atoms with Crippen molar-refractivity contribution in [2.75, 3.05) is 0 Å². The van der Waals surface area contributed by atoms with Crippen molar-refractivity contribution in [1.29, 1.82) is 0 Å². The zero-order valence-corrected chi connectivity index (χ0v) is 64.8. The Hall–Kier alpha value is -11.2. The maximum absolute atomic E-state index is 15.4. The number of hydrogen-bond donors (Lipinski definition) is 0. The number of aryl methyl sites for hydroxylation is 8. The fourth-order valence-electron chi connectivity index (χ4n) is 14.6. The molecule has 1 atom stereocenters. The Labute approximate surface area is 673 Å². The molecule has 44 heteroatoms. The number of halogens is 40. The van der Waals surface area contributed by atoms with E-state index in [1.807, 2.05) is 9.24 Å². The molecule has 0 bridgehead atoms. The van der Waals surface area contributed by atoms with E-state index in [4.69, 9.17) is 0 Å². The molecule has 1 unspecified atom stereocenters. The van der Waals surface area contributed by atoms with Gasteiger partial charge in [-0.15, -0.1) is 43.7 Å². The first-order chi connectivity index (χ1) is 57.5. The lowest BCUT2D eigenvalue weighted by Gasteiger charge is -2.44. The Morgan fingerprint density at radius 1 is 0.153 bits per heavy atom. The van der Waals surface area contributed by atoms with Gasteiger partial charge in [0.2, 0.25) is 0 Å². The van der Waals surface area contributed by atoms with E-state index < -0.39 is 297 Å². The SMILES string of the molecule is Cc1cccc(C)c1[PH+](c1c(C)cccc1C)c1c(C)cccc1C.Cc1cccc(C)c1[PH3+].Fc1c(F)c(F)c([B-](c2c(F)c(F)c(F)c(F)c2F)(c2c(F)c(F)c(F)c(F)c2F)c2c(F)c(F)c(F)c(F)c2F)c(F)c1F.Fc1c(F)c(F)c([B-](c2c(F)c(F)c(F)c(F)c2F)(c2c(F)c(F)c(F)c(F)c2F)c2c(F)c(F)c(F)c(F)c2F)c(F)c1F. The maximum atomic E-state index is 15.4. The molecule has 0 amide bonds. The van der Waals surface area contributed by atoms with Crippen molar-refractivity contribution in [2.24, 2.45) is 0 Å². The molecule has 0 aliphatic heterocycles. The molecule has 0 nitrogen and oxygen atoms in total. The number of rotatable bonds is 11. The molecule has 12 aromatic rings. The van der Waals surface area contributed by atoms with Crippen molar-refractivity contribution in [3.63, 3.8) is 0 Å². The summed E-state index contributed by atoms with van der Waals surface area (Å²) in [5, 5.41) is 6.12. The summed E-state index contributed by atoms with van der Waals surface area (Å²) in [5.74, 6) is -143. The standard InChI is InChI=1S/2C24BF20.C24H27P.C8H11P/c2*26-5-1(6(27)14(35)21(42)13(5)34)25(2-7(28)15(36)22(43)16(37)8(2)29,3-9(30)17(38)23(44)18(39)10(3)31)4-11(32)19(40)24(45)20(41)12(4)33;1-16-10-7-11-17(2)22(16)25(23-18(3)12-8-13-19(23)4)24-20(5)14-9-15-21(24)6;1-6-4-3-5-7(2)8(6)9/h;;7-15H,1-6H3;3-5H,9H2,1-2H3/q2*-1;;/p+2. The quantitative estimate of drug-likeness (QED) is 0.0398. The van der Waals surface area contributed by atoms with Gasteiger partial charge in [0, 0.05) is 9.24 Å². The van der Waals surface area contributed by atoms with Crippen LogP contribution in [0.4, 0.5) is 176 Å². The molecule has 0 saturated heterocycles. The molecule has 0 heterocycles. The normalized spacial score (nSPS) is 11.7. The molecule has 0 aliphatic rings. The van der Waals surface area contributed by atoms with Crippen LogP contribution in [0.15, 0.2) is 72.8 Å². The predicted molar refractivity (Wildman–Crippen MR) is 380 cm³/mol. The van der Waals surface area contributed by atoms with Gasteiger partial charge < -0.3 is 0 Å². The summed E-state index contributed by atoms with van der Waals surface area (Å²) in [4.78, 5) is 0. The third-order valence-corrected chi connectivity index (χ3v) is 25.2. The largest absolute Gasteiger partial charge is 0.207 e. The third kappa shape index (κ3) is 15.2. The Morgan fingerprint density at radius 3 is 0.339 bits per heavy atom. The van der Waals surface area contributed by atoms with Crippen molar-refractivity contribution < 1.29 is 176 Å². The van der Waals surface area contributed by atoms with E-state index in [2.05, 4.69) is 128 Å². The summed E-state index contributed by atoms with van der Waals surface area (Å²) in [6.07, 6.45) is -14.4. The molecule has 124 heavy (non-hydrogen) atoms. The second-order valence-electron chi connectivity index (χ2n) is 27.1. The van der Waals surface area contributed by atoms with Crippen LogP contribution in [0.5, 0.6) is 0 Å². The molecule has 656 valence electrons. The third-order valence-electron chi connectivity index (χ3n) is 20.3. The molecular weight excluding hydrogens is 1800 g/mol. The Bertz CT molecular complexity index is 5190. The summed E-state index contributed by atoms with van der Waals surface area (Å²) in [6, 6.07) is 26.6. The van der Waals surface area contributed by atoms with Gasteiger partial charge in [0.25, 0.3) is 0 Å². The lowest BCUT2D eigenvalue weighted by molar-refractivity contribution is 0.377. The summed E-state index contributed by atoms with van der Waals surface area (Å²) in [5.41, 5.74) is -17.4. The summed E-state index contributed by atoms with van der Waals surface area (Å²) < 4.78 is 588. The monoisotopic (exact) mass is 1840 g/mol. The summed E-state index contributed by atoms with van der Waals surface area (Å²) in [7, 11) is 0.904. The van der Waals surface area contributed by atoms with Crippen molar-refractivity contribution in [1.82, 2.24) is 0 Å². The van der Waals surface area contributed by atoms with Gasteiger partial charge in [-0.25, -0.2) is 176 Å². The zero-order chi connectivity index (χ0) is 93.7. The second kappa shape index (κ2) is 35.8. The lowest BCUT2D eigenvalue weighted by Crippen LogP contribution is -2.81. The Kier molecular flexibility index (Phi) is 27.9. The van der Waals surface area contributed by atoms with Crippen LogP contribution in [0.3, 0.4) is 0 Å². The Balaban J connectivity index is 0.000000207. The molecule has 0 aromatic heterocycles. The van der Waals surface area contributed by atoms with E-state index in [-0.39, 0.29) is 0 Å². The molecule has 0 saturated carbocycles. The maximum Gasteiger partial charge on any atom is 0.200 e. The second-order valence-corrected chi connectivity index (χ2v) is 30.1. The first kappa shape index (κ1) is 96.6. The summed E-state index contributed by atoms with van der Waals surface area (Å²) >= 11 is 0. The van der Waals surface area contributed by atoms with Crippen LogP contribution in [0.25, 0.3) is 0 Å². The minimum absolute atomic E-state index is 1.06. The molecule has 0 radical (unpaired) electrons. The van der Waals surface area contributed by atoms with Gasteiger partial charge in [0.15, 0.2) is 140 Å². The highest BCUT2D eigenvalue weighted by Gasteiger charge is 2.55. The molecule has 0 fully saturated rings. The highest BCUT2D eigenvalue weighted by atomic mass is 31.1. The first-order valence-corrected chi connectivity index (χ1v) is 36.2. The Morgan fingerprint density at radius 2 is 0.242 bits per heavy atom. The minimum Gasteiger partial charge on any atom is -0.207 e. The molecular formula is C80H40B2F40P2. The van der Waals surface area contributed by atoms with Crippen LogP contribution < -0.4 is 64.9 Å². The van der Waals surface area contributed by atoms with Crippen LogP contribution in [0.2, 0.25) is 0 Å². The van der Waals surface area contributed by atoms with Crippen molar-refractivity contribution >= 4 is 94.4 Å². The molecule has 0 N–H and O–H groups in total. The predicted octanol–water partition coefficient (Wildman–Crippen LogP) is 18.3. The number of benzene rings is 12. The van der Waals surface area contributed by atoms with Gasteiger partial charge >= 0.3 is 0 Å². The van der Waals surface area contributed by atoms with E-state index in [0.29, 0.717) is 0 Å². The topological polar surface area (TPSA) is 0 Å². The average molecular weight is 1840 g/mol. The summed E-state index contributed by atoms with van der Waals surface area (Å²) in [6.45, 7) is 17.9. The molecule has 0 spiro atoms. The van der Waals surface area contributed by atoms with E-state index in [1.54, 1.807) is 15.9 Å². The van der Waals surface area contributed by atoms with Crippen LogP contribution in [0, 0.1) is 288 Å². The molecule has 12 aromatic carbocycles. The minimum atomic E-state index is -7.22. The molecule has 0 aliphatic carbocycles. The van der Waals surface area contributed by atoms with Gasteiger partial charge in [-0.2, -0.15) is 0 Å². The van der Waals surface area contributed by atoms with Gasteiger partial charge in [-0.3, -0.25) is 0 Å². The van der Waals surface area contributed by atoms with Crippen LogP contribution in [0.1, 0.15) is 44.5 Å². The van der Waals surface area contributed by atoms with Crippen molar-refractivity contribution in [2.45, 2.75) is 55.4 Å². The smallest absolute Gasteiger partial charge is 0.200 e. The fourth-order valence-corrected chi connectivity index (χ4v) is 18.5. The zero-order valence-electron chi connectivity index (χ0n) is 62.4. The van der Waals surface area contributed by atoms with Crippen molar-refractivity contribution in [3.8, 4) is 0 Å². The average Bonchev–Trinajstić information content (AvgIpc) is 0.684. The van der Waals surface area contributed by atoms with Crippen LogP contribution >= 0.6 is 17.2 Å². The van der Waals surface area contributed by atoms with E-state index in [0.717, 1.165) is 0 Å². The van der Waals surface area contributed by atoms with Crippen molar-refractivity contribution in [3.05, 3.63) is 350 Å². The van der Waals surface area contributed by atoms with E-state index >= 15 is 70.2 Å². The highest BCUT2D eigenvalue weighted by molar-refractivity contribution is 7.80. The van der Waals surface area contributed by atoms with E-state index in [9.17, 15) is 105 Å². The van der Waals surface area contributed by atoms with Gasteiger partial charge in [0.05, 0.1) is 5.30 Å². The van der Waals surface area contributed by atoms with E-state index in [1.165, 1.54) is 49.8 Å². The van der Waals surface area contributed by atoms with Gasteiger partial charge in [-0.1, -0.05) is 72.8 Å². The molecule has 12 rings (SSSR count). The van der Waals surface area contributed by atoms with Crippen LogP contribution in [-0.2, 0) is 0 Å². The highest BCUT2D eigenvalue weighted by Crippen LogP contribution is 2.41. The fraction of sp³-hybridized carbons (Fsp3) is 0.100.